The summed E-state index contributed by atoms with van der Waals surface area (Å²) in [7, 11) is 1.46. The van der Waals surface area contributed by atoms with Crippen molar-refractivity contribution in [2.24, 2.45) is 11.8 Å². The van der Waals surface area contributed by atoms with Gasteiger partial charge in [-0.3, -0.25) is 10.1 Å². The molecule has 1 atom stereocenters. The summed E-state index contributed by atoms with van der Waals surface area (Å²) in [5.74, 6) is -0.926. The fourth-order valence-corrected chi connectivity index (χ4v) is 3.79. The number of urea groups is 1. The molecule has 10 heteroatoms. The number of nitrogens with one attached hydrogen (secondary N) is 2. The Morgan fingerprint density at radius 3 is 2.29 bits per heavy atom. The highest BCUT2D eigenvalue weighted by Crippen LogP contribution is 2.35. The highest BCUT2D eigenvalue weighted by atomic mass is 19.1. The van der Waals surface area contributed by atoms with Crippen LogP contribution in [-0.2, 0) is 9.53 Å². The quantitative estimate of drug-likeness (QED) is 0.389. The van der Waals surface area contributed by atoms with Gasteiger partial charge in [-0.25, -0.2) is 9.18 Å². The number of aliphatic carboxylic acids is 1. The van der Waals surface area contributed by atoms with Gasteiger partial charge in [-0.15, -0.1) is 0 Å². The van der Waals surface area contributed by atoms with E-state index in [0.29, 0.717) is 24.4 Å². The second kappa shape index (κ2) is 12.4. The molecule has 188 valence electrons. The molecular formula is C24H35FN4O5. The van der Waals surface area contributed by atoms with Gasteiger partial charge in [0.25, 0.3) is 0 Å². The van der Waals surface area contributed by atoms with Crippen molar-refractivity contribution in [3.63, 3.8) is 0 Å². The minimum absolute atomic E-state index is 0.0939. The average Bonchev–Trinajstić information content (AvgIpc) is 3.10. The van der Waals surface area contributed by atoms with Gasteiger partial charge in [-0.05, 0) is 36.5 Å². The summed E-state index contributed by atoms with van der Waals surface area (Å²) >= 11 is 0. The lowest BCUT2D eigenvalue weighted by molar-refractivity contribution is -0.137. The van der Waals surface area contributed by atoms with Gasteiger partial charge < -0.3 is 24.6 Å². The molecule has 9 nitrogen and oxygen atoms in total. The molecule has 1 aromatic heterocycles. The number of rotatable bonds is 12. The molecular weight excluding hydrogens is 443 g/mol. The number of carboxylic acid groups (broad SMARTS) is 1. The van der Waals surface area contributed by atoms with E-state index >= 15 is 4.39 Å². The Labute approximate surface area is 199 Å². The molecule has 0 saturated heterocycles. The van der Waals surface area contributed by atoms with Gasteiger partial charge in [-0.1, -0.05) is 32.9 Å². The minimum atomic E-state index is -1.03. The molecule has 2 rings (SSSR count). The van der Waals surface area contributed by atoms with Gasteiger partial charge in [0, 0.05) is 32.2 Å². The van der Waals surface area contributed by atoms with Crippen molar-refractivity contribution in [1.82, 2.24) is 5.16 Å². The van der Waals surface area contributed by atoms with Crippen molar-refractivity contribution in [3.05, 3.63) is 35.3 Å². The maximum atomic E-state index is 15.7. The second-order valence-corrected chi connectivity index (χ2v) is 9.24. The van der Waals surface area contributed by atoms with E-state index < -0.39 is 23.7 Å². The molecule has 0 aliphatic heterocycles. The summed E-state index contributed by atoms with van der Waals surface area (Å²) in [6, 6.07) is 3.89. The van der Waals surface area contributed by atoms with Crippen LogP contribution in [0.2, 0.25) is 0 Å². The Hall–Kier alpha value is -3.14. The number of halogens is 1. The molecule has 0 saturated carbocycles. The number of aryl methyl sites for hydroxylation is 1. The summed E-state index contributed by atoms with van der Waals surface area (Å²) in [5.41, 5.74) is 0.914. The van der Waals surface area contributed by atoms with E-state index in [1.165, 1.54) is 13.2 Å². The number of aromatic nitrogens is 1. The predicted molar refractivity (Wildman–Crippen MR) is 129 cm³/mol. The third kappa shape index (κ3) is 8.02. The van der Waals surface area contributed by atoms with Crippen LogP contribution in [0.1, 0.15) is 51.4 Å². The molecule has 34 heavy (non-hydrogen) atoms. The third-order valence-electron chi connectivity index (χ3n) is 4.95. The lowest BCUT2D eigenvalue weighted by Crippen LogP contribution is -2.33. The van der Waals surface area contributed by atoms with Crippen molar-refractivity contribution in [1.29, 1.82) is 0 Å². The van der Waals surface area contributed by atoms with Crippen molar-refractivity contribution in [2.75, 3.05) is 42.3 Å². The van der Waals surface area contributed by atoms with E-state index in [1.807, 2.05) is 32.6 Å². The van der Waals surface area contributed by atoms with E-state index in [9.17, 15) is 14.7 Å². The van der Waals surface area contributed by atoms with Gasteiger partial charge in [0.1, 0.15) is 11.6 Å². The van der Waals surface area contributed by atoms with Gasteiger partial charge >= 0.3 is 12.0 Å². The normalized spacial score (nSPS) is 12.1. The molecule has 0 bridgehead atoms. The Morgan fingerprint density at radius 1 is 1.15 bits per heavy atom. The predicted octanol–water partition coefficient (Wildman–Crippen LogP) is 5.09. The van der Waals surface area contributed by atoms with Crippen LogP contribution in [0, 0.1) is 24.6 Å². The van der Waals surface area contributed by atoms with Gasteiger partial charge in [-0.2, -0.15) is 0 Å². The van der Waals surface area contributed by atoms with Crippen molar-refractivity contribution < 1.29 is 28.3 Å². The number of ether oxygens (including phenoxy) is 1. The minimum Gasteiger partial charge on any atom is -0.481 e. The maximum absolute atomic E-state index is 15.7. The number of methoxy groups -OCH3 is 1. The number of amides is 2. The molecule has 0 radical (unpaired) electrons. The number of hydrogen-bond donors (Lipinski definition) is 3. The SMILES string of the molecule is COCC(CC(=O)O)c1cc(F)c(N(CC(C)C)CC(C)C)c(NC(=O)Nc2cc(C)on2)c1. The number of carboxylic acids is 1. The topological polar surface area (TPSA) is 117 Å². The first kappa shape index (κ1) is 27.1. The van der Waals surface area contributed by atoms with Crippen molar-refractivity contribution in [3.8, 4) is 0 Å². The third-order valence-corrected chi connectivity index (χ3v) is 4.95. The zero-order chi connectivity index (χ0) is 25.4. The van der Waals surface area contributed by atoms with E-state index in [2.05, 4.69) is 15.8 Å². The van der Waals surface area contributed by atoms with E-state index in [-0.39, 0.29) is 42.1 Å². The Bertz CT molecular complexity index is 966. The summed E-state index contributed by atoms with van der Waals surface area (Å²) < 4.78 is 25.8. The first-order valence-electron chi connectivity index (χ1n) is 11.3. The fraction of sp³-hybridized carbons (Fsp3) is 0.542. The maximum Gasteiger partial charge on any atom is 0.325 e. The molecule has 0 spiro atoms. The zero-order valence-corrected chi connectivity index (χ0v) is 20.6. The van der Waals surface area contributed by atoms with Crippen LogP contribution in [-0.4, -0.2) is 49.1 Å². The summed E-state index contributed by atoms with van der Waals surface area (Å²) in [5, 5.41) is 18.3. The van der Waals surface area contributed by atoms with Crippen LogP contribution < -0.4 is 15.5 Å². The molecule has 0 aliphatic carbocycles. The van der Waals surface area contributed by atoms with Crippen molar-refractivity contribution in [2.45, 2.75) is 47.0 Å². The smallest absolute Gasteiger partial charge is 0.325 e. The second-order valence-electron chi connectivity index (χ2n) is 9.24. The number of nitrogens with zero attached hydrogens (tertiary/aromatic N) is 2. The fourth-order valence-electron chi connectivity index (χ4n) is 3.79. The highest BCUT2D eigenvalue weighted by Gasteiger charge is 2.25. The monoisotopic (exact) mass is 478 g/mol. The van der Waals surface area contributed by atoms with Crippen LogP contribution >= 0.6 is 0 Å². The molecule has 1 unspecified atom stereocenters. The van der Waals surface area contributed by atoms with Gasteiger partial charge in [0.2, 0.25) is 0 Å². The van der Waals surface area contributed by atoms with Crippen LogP contribution in [0.4, 0.5) is 26.4 Å². The first-order valence-corrected chi connectivity index (χ1v) is 11.3. The molecule has 1 aromatic carbocycles. The number of anilines is 3. The number of benzene rings is 1. The zero-order valence-electron chi connectivity index (χ0n) is 20.6. The molecule has 2 aromatic rings. The summed E-state index contributed by atoms with van der Waals surface area (Å²) in [6.45, 7) is 11.1. The first-order chi connectivity index (χ1) is 16.0. The summed E-state index contributed by atoms with van der Waals surface area (Å²) in [6.07, 6.45) is -0.238. The molecule has 0 aliphatic rings. The summed E-state index contributed by atoms with van der Waals surface area (Å²) in [4.78, 5) is 26.0. The van der Waals surface area contributed by atoms with Crippen LogP contribution in [0.25, 0.3) is 0 Å². The lowest BCUT2D eigenvalue weighted by Gasteiger charge is -2.31. The Morgan fingerprint density at radius 2 is 1.79 bits per heavy atom. The standard InChI is InChI=1S/C24H35FN4O5/c1-14(2)11-29(12-15(3)4)23-19(25)8-17(18(13-33-6)10-22(30)31)9-20(23)26-24(32)27-21-7-16(5)34-28-21/h7-9,14-15,18H,10-13H2,1-6H3,(H,30,31)(H2,26,27,28,32). The molecule has 2 amide bonds. The molecule has 0 fully saturated rings. The van der Waals surface area contributed by atoms with Crippen LogP contribution in [0.15, 0.2) is 22.7 Å². The van der Waals surface area contributed by atoms with E-state index in [4.69, 9.17) is 9.26 Å². The molecule has 3 N–H and O–H groups in total. The number of hydrogen-bond acceptors (Lipinski definition) is 6. The van der Waals surface area contributed by atoms with Gasteiger partial charge in [0.05, 0.1) is 24.4 Å². The van der Waals surface area contributed by atoms with E-state index in [1.54, 1.807) is 19.1 Å². The van der Waals surface area contributed by atoms with Crippen molar-refractivity contribution >= 4 is 29.2 Å². The number of carbonyl (C=O) groups is 2. The Kier molecular flexibility index (Phi) is 9.85. The largest absolute Gasteiger partial charge is 0.481 e. The molecule has 1 heterocycles. The Balaban J connectivity index is 2.52. The highest BCUT2D eigenvalue weighted by molar-refractivity contribution is 6.01. The average molecular weight is 479 g/mol. The van der Waals surface area contributed by atoms with Crippen LogP contribution in [0.3, 0.4) is 0 Å². The van der Waals surface area contributed by atoms with E-state index in [0.717, 1.165) is 0 Å². The van der Waals surface area contributed by atoms with Crippen LogP contribution in [0.5, 0.6) is 0 Å². The number of carbonyl (C=O) groups excluding carboxylic acids is 1. The van der Waals surface area contributed by atoms with Gasteiger partial charge in [0.15, 0.2) is 5.82 Å². The lowest BCUT2D eigenvalue weighted by atomic mass is 9.94.